The number of nitriles is 1. The number of nitrogen functional groups attached to an aromatic ring is 1. The minimum Gasteiger partial charge on any atom is -0.369 e. The molecule has 0 saturated heterocycles. The first-order chi connectivity index (χ1) is 11.6. The van der Waals surface area contributed by atoms with Gasteiger partial charge in [-0.2, -0.15) is 9.66 Å². The Morgan fingerprint density at radius 1 is 1.42 bits per heavy atom. The van der Waals surface area contributed by atoms with E-state index in [0.29, 0.717) is 32.1 Å². The molecule has 0 aliphatic carbocycles. The first-order valence-corrected chi connectivity index (χ1v) is 8.16. The number of nitrogens with two attached hydrogens (primary N) is 1. The van der Waals surface area contributed by atoms with Crippen LogP contribution in [-0.2, 0) is 0 Å². The van der Waals surface area contributed by atoms with E-state index in [-0.39, 0.29) is 16.9 Å². The second-order valence-corrected chi connectivity index (χ2v) is 6.43. The predicted molar refractivity (Wildman–Crippen MR) is 93.0 cm³/mol. The van der Waals surface area contributed by atoms with Gasteiger partial charge in [-0.15, -0.1) is 0 Å². The quantitative estimate of drug-likeness (QED) is 0.513. The second-order valence-electron chi connectivity index (χ2n) is 5.10. The summed E-state index contributed by atoms with van der Waals surface area (Å²) in [5, 5.41) is 12.2. The molecular weight excluding hydrogens is 346 g/mol. The van der Waals surface area contributed by atoms with Crippen LogP contribution in [0.15, 0.2) is 40.6 Å². The normalized spacial score (nSPS) is 11.0. The Hall–Kier alpha value is -2.95. The van der Waals surface area contributed by atoms with Gasteiger partial charge in [0, 0.05) is 16.0 Å². The number of aromatic amines is 1. The van der Waals surface area contributed by atoms with Crippen LogP contribution in [-0.4, -0.2) is 9.97 Å². The maximum Gasteiger partial charge on any atom is 0.319 e. The van der Waals surface area contributed by atoms with Crippen molar-refractivity contribution in [2.24, 2.45) is 0 Å². The molecule has 0 bridgehead atoms. The van der Waals surface area contributed by atoms with Gasteiger partial charge in [0.25, 0.3) is 10.6 Å². The van der Waals surface area contributed by atoms with Crippen molar-refractivity contribution in [3.05, 3.63) is 56.8 Å². The average molecular weight is 355 g/mol. The lowest BCUT2D eigenvalue weighted by molar-refractivity contribution is -0.482. The van der Waals surface area contributed by atoms with Crippen molar-refractivity contribution in [2.45, 2.75) is 0 Å². The van der Waals surface area contributed by atoms with E-state index in [4.69, 9.17) is 17.3 Å². The van der Waals surface area contributed by atoms with E-state index in [2.05, 4.69) is 16.0 Å². The van der Waals surface area contributed by atoms with E-state index in [1.807, 2.05) is 5.38 Å². The zero-order valence-corrected chi connectivity index (χ0v) is 13.6. The molecule has 0 atom stereocenters. The van der Waals surface area contributed by atoms with Crippen LogP contribution in [0.4, 0.5) is 5.82 Å². The highest BCUT2D eigenvalue weighted by atomic mass is 35.5. The molecule has 0 radical (unpaired) electrons. The van der Waals surface area contributed by atoms with E-state index in [0.717, 1.165) is 0 Å². The number of nitrogens with zero attached hydrogens (tertiary/aromatic N) is 3. The first kappa shape index (κ1) is 14.6. The van der Waals surface area contributed by atoms with Crippen LogP contribution in [0, 0.1) is 11.3 Å². The number of H-pyrrole nitrogens is 1. The largest absolute Gasteiger partial charge is 0.369 e. The number of thiazole rings is 1. The van der Waals surface area contributed by atoms with Gasteiger partial charge in [-0.1, -0.05) is 40.1 Å². The second kappa shape index (κ2) is 5.30. The lowest BCUT2D eigenvalue weighted by Crippen LogP contribution is -2.28. The van der Waals surface area contributed by atoms with Crippen molar-refractivity contribution in [2.75, 3.05) is 5.73 Å². The molecule has 24 heavy (non-hydrogen) atoms. The molecule has 4 rings (SSSR count). The molecule has 116 valence electrons. The average Bonchev–Trinajstić information content (AvgIpc) is 3.02. The fourth-order valence-corrected chi connectivity index (χ4v) is 3.64. The highest BCUT2D eigenvalue weighted by molar-refractivity contribution is 7.14. The summed E-state index contributed by atoms with van der Waals surface area (Å²) in [7, 11) is 0. The number of nitrogens with one attached hydrogen (secondary N) is 1. The Balaban J connectivity index is 2.30. The number of aromatic nitrogens is 3. The van der Waals surface area contributed by atoms with Crippen molar-refractivity contribution in [1.82, 2.24) is 9.97 Å². The first-order valence-electron chi connectivity index (χ1n) is 6.90. The third-order valence-electron chi connectivity index (χ3n) is 3.72. The lowest BCUT2D eigenvalue weighted by Gasteiger charge is -2.07. The number of fused-ring (bicyclic) bond motifs is 3. The van der Waals surface area contributed by atoms with Crippen LogP contribution < -0.4 is 15.7 Å². The standard InChI is InChI=1S/C16H8ClN5OS/c17-9-3-1-2-8(6-9)11-10(7-18)13(19)20-14-12(11)15(23)21-16-22(14)4-5-24-16/h1-6H,(H2,19,20,23)/p+1. The number of rotatable bonds is 1. The Morgan fingerprint density at radius 2 is 2.25 bits per heavy atom. The molecule has 3 N–H and O–H groups in total. The monoisotopic (exact) mass is 354 g/mol. The van der Waals surface area contributed by atoms with Crippen molar-refractivity contribution in [3.8, 4) is 17.2 Å². The smallest absolute Gasteiger partial charge is 0.319 e. The lowest BCUT2D eigenvalue weighted by atomic mass is 9.98. The number of anilines is 1. The summed E-state index contributed by atoms with van der Waals surface area (Å²) >= 11 is 7.46. The SMILES string of the molecule is N#Cc1c(N)nc2c(c1-c1cccc(Cl)c1)c(=O)[nH]c1scc[n+]12. The van der Waals surface area contributed by atoms with E-state index < -0.39 is 0 Å². The van der Waals surface area contributed by atoms with Crippen LogP contribution in [0.25, 0.3) is 27.1 Å². The third-order valence-corrected chi connectivity index (χ3v) is 4.73. The third kappa shape index (κ3) is 2.05. The molecule has 0 unspecified atom stereocenters. The molecule has 3 heterocycles. The van der Waals surface area contributed by atoms with Gasteiger partial charge in [-0.3, -0.25) is 4.79 Å². The van der Waals surface area contributed by atoms with E-state index >= 15 is 0 Å². The Kier molecular flexibility index (Phi) is 3.23. The molecule has 0 aliphatic heterocycles. The van der Waals surface area contributed by atoms with Gasteiger partial charge in [-0.05, 0) is 17.7 Å². The number of hydrogen-bond donors (Lipinski definition) is 2. The molecule has 0 amide bonds. The molecule has 6 nitrogen and oxygen atoms in total. The fourth-order valence-electron chi connectivity index (χ4n) is 2.72. The van der Waals surface area contributed by atoms with E-state index in [1.54, 1.807) is 34.9 Å². The number of benzene rings is 1. The van der Waals surface area contributed by atoms with Crippen molar-refractivity contribution in [1.29, 1.82) is 5.26 Å². The molecule has 4 aromatic rings. The van der Waals surface area contributed by atoms with Crippen LogP contribution in [0.2, 0.25) is 5.02 Å². The Morgan fingerprint density at radius 3 is 3.00 bits per heavy atom. The van der Waals surface area contributed by atoms with Crippen molar-refractivity contribution >= 4 is 44.7 Å². The summed E-state index contributed by atoms with van der Waals surface area (Å²) in [5.74, 6) is 0.0746. The minimum absolute atomic E-state index is 0.0746. The molecule has 0 fully saturated rings. The Bertz CT molecular complexity index is 1220. The van der Waals surface area contributed by atoms with Gasteiger partial charge in [-0.25, -0.2) is 4.98 Å². The van der Waals surface area contributed by atoms with Gasteiger partial charge in [0.2, 0.25) is 5.82 Å². The maximum atomic E-state index is 12.7. The molecule has 0 saturated carbocycles. The Labute approximate surface area is 144 Å². The fraction of sp³-hybridized carbons (Fsp3) is 0. The summed E-state index contributed by atoms with van der Waals surface area (Å²) in [4.78, 5) is 20.4. The molecule has 0 aliphatic rings. The van der Waals surface area contributed by atoms with Gasteiger partial charge in [0.1, 0.15) is 17.0 Å². The van der Waals surface area contributed by atoms with Crippen LogP contribution in [0.3, 0.4) is 0 Å². The topological polar surface area (TPSA) is 99.7 Å². The van der Waals surface area contributed by atoms with E-state index in [9.17, 15) is 10.1 Å². The minimum atomic E-state index is -0.327. The van der Waals surface area contributed by atoms with Gasteiger partial charge in [0.15, 0.2) is 0 Å². The van der Waals surface area contributed by atoms with Gasteiger partial charge >= 0.3 is 5.56 Å². The van der Waals surface area contributed by atoms with Crippen LogP contribution >= 0.6 is 22.9 Å². The highest BCUT2D eigenvalue weighted by Crippen LogP contribution is 2.32. The molecule has 3 aromatic heterocycles. The zero-order valence-electron chi connectivity index (χ0n) is 12.1. The number of pyridine rings is 1. The number of hydrogen-bond acceptors (Lipinski definition) is 5. The van der Waals surface area contributed by atoms with Gasteiger partial charge in [0.05, 0.1) is 6.20 Å². The maximum absolute atomic E-state index is 12.7. The van der Waals surface area contributed by atoms with Crippen molar-refractivity contribution < 1.29 is 4.40 Å². The summed E-state index contributed by atoms with van der Waals surface area (Å²) in [6.07, 6.45) is 1.79. The molecule has 0 spiro atoms. The van der Waals surface area contributed by atoms with E-state index in [1.165, 1.54) is 11.3 Å². The summed E-state index contributed by atoms with van der Waals surface area (Å²) in [6, 6.07) is 9.00. The van der Waals surface area contributed by atoms with Crippen molar-refractivity contribution in [3.63, 3.8) is 0 Å². The zero-order chi connectivity index (χ0) is 16.8. The molecular formula is C16H9ClN5OS+. The number of halogens is 1. The molecule has 8 heteroatoms. The summed E-state index contributed by atoms with van der Waals surface area (Å²) in [5.41, 5.74) is 7.30. The highest BCUT2D eigenvalue weighted by Gasteiger charge is 2.25. The molecule has 1 aromatic carbocycles. The van der Waals surface area contributed by atoms with Crippen LogP contribution in [0.5, 0.6) is 0 Å². The summed E-state index contributed by atoms with van der Waals surface area (Å²) in [6.45, 7) is 0. The summed E-state index contributed by atoms with van der Waals surface area (Å²) < 4.78 is 1.74. The van der Waals surface area contributed by atoms with Gasteiger partial charge < -0.3 is 5.73 Å². The van der Waals surface area contributed by atoms with Crippen LogP contribution in [0.1, 0.15) is 5.56 Å². The predicted octanol–water partition coefficient (Wildman–Crippen LogP) is 2.50.